The predicted molar refractivity (Wildman–Crippen MR) is 60.4 cm³/mol. The number of ether oxygens (including phenoxy) is 1. The summed E-state index contributed by atoms with van der Waals surface area (Å²) in [6, 6.07) is 1.59. The molecule has 0 radical (unpaired) electrons. The lowest BCUT2D eigenvalue weighted by atomic mass is 10.0. The minimum Gasteiger partial charge on any atom is -0.495 e. The molecular formula is C10H14N4O3. The number of hydrogen-bond donors (Lipinski definition) is 2. The van der Waals surface area contributed by atoms with Gasteiger partial charge in [0.25, 0.3) is 0 Å². The molecule has 0 spiro atoms. The van der Waals surface area contributed by atoms with Gasteiger partial charge in [0.2, 0.25) is 0 Å². The van der Waals surface area contributed by atoms with Crippen molar-refractivity contribution in [1.29, 1.82) is 0 Å². The average molecular weight is 238 g/mol. The minimum absolute atomic E-state index is 0.131. The summed E-state index contributed by atoms with van der Waals surface area (Å²) in [5.74, 6) is 0.504. The molecule has 7 nitrogen and oxygen atoms in total. The van der Waals surface area contributed by atoms with Crippen LogP contribution in [0.1, 0.15) is 18.1 Å². The van der Waals surface area contributed by atoms with Gasteiger partial charge >= 0.3 is 0 Å². The van der Waals surface area contributed by atoms with Gasteiger partial charge in [0, 0.05) is 23.2 Å². The summed E-state index contributed by atoms with van der Waals surface area (Å²) in [7, 11) is 1.49. The molecule has 1 heterocycles. The van der Waals surface area contributed by atoms with E-state index >= 15 is 0 Å². The zero-order valence-corrected chi connectivity index (χ0v) is 9.39. The Labute approximate surface area is 98.3 Å². The number of pyridine rings is 1. The molecule has 17 heavy (non-hydrogen) atoms. The van der Waals surface area contributed by atoms with Gasteiger partial charge in [-0.15, -0.1) is 0 Å². The molecule has 1 aromatic heterocycles. The minimum atomic E-state index is -1.08. The zero-order chi connectivity index (χ0) is 12.7. The van der Waals surface area contributed by atoms with E-state index in [1.807, 2.05) is 0 Å². The highest BCUT2D eigenvalue weighted by Gasteiger charge is 2.18. The van der Waals surface area contributed by atoms with Crippen molar-refractivity contribution < 1.29 is 14.9 Å². The standard InChI is InChI=1S/C10H14N4O3/c1-17-8-4-7(5-12-6-8)10(16)9(15)2-3-13-14-11/h4-6,9-10,15-16H,2-3H2,1H3. The van der Waals surface area contributed by atoms with Gasteiger partial charge in [0.05, 0.1) is 19.4 Å². The molecule has 0 aliphatic rings. The lowest BCUT2D eigenvalue weighted by Crippen LogP contribution is -2.19. The Morgan fingerprint density at radius 2 is 2.29 bits per heavy atom. The van der Waals surface area contributed by atoms with Crippen molar-refractivity contribution in [3.8, 4) is 5.75 Å². The van der Waals surface area contributed by atoms with E-state index in [0.717, 1.165) is 0 Å². The topological polar surface area (TPSA) is 111 Å². The summed E-state index contributed by atoms with van der Waals surface area (Å²) in [4.78, 5) is 6.44. The Kier molecular flexibility index (Phi) is 5.22. The van der Waals surface area contributed by atoms with E-state index in [1.54, 1.807) is 6.07 Å². The predicted octanol–water partition coefficient (Wildman–Crippen LogP) is 1.18. The van der Waals surface area contributed by atoms with E-state index in [9.17, 15) is 10.2 Å². The SMILES string of the molecule is COc1cncc(C(O)C(O)CCN=[N+]=[N-])c1. The highest BCUT2D eigenvalue weighted by atomic mass is 16.5. The molecule has 0 fully saturated rings. The zero-order valence-electron chi connectivity index (χ0n) is 9.39. The normalized spacial score (nSPS) is 13.6. The van der Waals surface area contributed by atoms with Gasteiger partial charge in [0.15, 0.2) is 0 Å². The van der Waals surface area contributed by atoms with Gasteiger partial charge < -0.3 is 14.9 Å². The van der Waals surface area contributed by atoms with Crippen LogP contribution in [-0.4, -0.2) is 35.0 Å². The number of rotatable bonds is 6. The highest BCUT2D eigenvalue weighted by Crippen LogP contribution is 2.21. The van der Waals surface area contributed by atoms with Gasteiger partial charge in [-0.1, -0.05) is 5.11 Å². The Balaban J connectivity index is 2.66. The van der Waals surface area contributed by atoms with E-state index in [-0.39, 0.29) is 13.0 Å². The van der Waals surface area contributed by atoms with Crippen LogP contribution in [0.4, 0.5) is 0 Å². The van der Waals surface area contributed by atoms with Crippen LogP contribution in [-0.2, 0) is 0 Å². The number of methoxy groups -OCH3 is 1. The van der Waals surface area contributed by atoms with Gasteiger partial charge in [-0.05, 0) is 18.0 Å². The molecule has 7 heteroatoms. The first-order valence-electron chi connectivity index (χ1n) is 5.05. The molecule has 1 rings (SSSR count). The quantitative estimate of drug-likeness (QED) is 0.440. The monoisotopic (exact) mass is 238 g/mol. The van der Waals surface area contributed by atoms with Gasteiger partial charge in [-0.2, -0.15) is 0 Å². The third-order valence-electron chi connectivity index (χ3n) is 2.26. The average Bonchev–Trinajstić information content (AvgIpc) is 2.38. The van der Waals surface area contributed by atoms with Crippen molar-refractivity contribution in [3.05, 3.63) is 34.5 Å². The molecule has 92 valence electrons. The van der Waals surface area contributed by atoms with Gasteiger partial charge in [-0.25, -0.2) is 0 Å². The van der Waals surface area contributed by atoms with Crippen molar-refractivity contribution in [2.75, 3.05) is 13.7 Å². The van der Waals surface area contributed by atoms with E-state index in [0.29, 0.717) is 11.3 Å². The van der Waals surface area contributed by atoms with Gasteiger partial charge in [-0.3, -0.25) is 4.98 Å². The number of nitrogens with zero attached hydrogens (tertiary/aromatic N) is 4. The molecule has 2 atom stereocenters. The molecule has 2 unspecified atom stereocenters. The van der Waals surface area contributed by atoms with Crippen LogP contribution in [0, 0.1) is 0 Å². The first kappa shape index (κ1) is 13.2. The summed E-state index contributed by atoms with van der Waals surface area (Å²) in [5, 5.41) is 22.8. The maximum atomic E-state index is 9.83. The van der Waals surface area contributed by atoms with Crippen molar-refractivity contribution in [1.82, 2.24) is 4.98 Å². The Morgan fingerprint density at radius 1 is 1.53 bits per heavy atom. The summed E-state index contributed by atoms with van der Waals surface area (Å²) in [6.45, 7) is 0.131. The smallest absolute Gasteiger partial charge is 0.137 e. The third-order valence-corrected chi connectivity index (χ3v) is 2.26. The molecule has 0 saturated heterocycles. The third kappa shape index (κ3) is 3.92. The van der Waals surface area contributed by atoms with Gasteiger partial charge in [0.1, 0.15) is 11.9 Å². The van der Waals surface area contributed by atoms with Crippen LogP contribution < -0.4 is 4.74 Å². The Bertz CT molecular complexity index is 406. The molecule has 0 aromatic carbocycles. The molecule has 0 aliphatic heterocycles. The summed E-state index contributed by atoms with van der Waals surface area (Å²) in [5.41, 5.74) is 8.55. The summed E-state index contributed by atoms with van der Waals surface area (Å²) in [6.07, 6.45) is 1.05. The molecular weight excluding hydrogens is 224 g/mol. The van der Waals surface area contributed by atoms with Crippen LogP contribution in [0.2, 0.25) is 0 Å². The van der Waals surface area contributed by atoms with Crippen molar-refractivity contribution in [2.45, 2.75) is 18.6 Å². The molecule has 0 saturated carbocycles. The fraction of sp³-hybridized carbons (Fsp3) is 0.500. The molecule has 0 aliphatic carbocycles. The number of azide groups is 1. The van der Waals surface area contributed by atoms with Crippen LogP contribution in [0.25, 0.3) is 10.4 Å². The second-order valence-electron chi connectivity index (χ2n) is 3.41. The lowest BCUT2D eigenvalue weighted by molar-refractivity contribution is 0.0147. The largest absolute Gasteiger partial charge is 0.495 e. The van der Waals surface area contributed by atoms with Crippen molar-refractivity contribution in [3.63, 3.8) is 0 Å². The van der Waals surface area contributed by atoms with E-state index in [2.05, 4.69) is 15.0 Å². The van der Waals surface area contributed by atoms with Crippen LogP contribution in [0.15, 0.2) is 23.6 Å². The molecule has 1 aromatic rings. The van der Waals surface area contributed by atoms with Crippen LogP contribution in [0.5, 0.6) is 5.75 Å². The number of aliphatic hydroxyl groups is 2. The Hall–Kier alpha value is -1.82. The summed E-state index contributed by atoms with van der Waals surface area (Å²) < 4.78 is 4.96. The highest BCUT2D eigenvalue weighted by molar-refractivity contribution is 5.25. The maximum absolute atomic E-state index is 9.83. The van der Waals surface area contributed by atoms with E-state index in [4.69, 9.17) is 10.3 Å². The second-order valence-corrected chi connectivity index (χ2v) is 3.41. The second kappa shape index (κ2) is 6.70. The first-order valence-corrected chi connectivity index (χ1v) is 5.05. The molecule has 2 N–H and O–H groups in total. The Morgan fingerprint density at radius 3 is 2.94 bits per heavy atom. The lowest BCUT2D eigenvalue weighted by Gasteiger charge is -2.17. The van der Waals surface area contributed by atoms with Crippen molar-refractivity contribution >= 4 is 0 Å². The van der Waals surface area contributed by atoms with E-state index < -0.39 is 12.2 Å². The first-order chi connectivity index (χ1) is 8.19. The number of aliphatic hydroxyl groups excluding tert-OH is 2. The number of aromatic nitrogens is 1. The number of hydrogen-bond acceptors (Lipinski definition) is 5. The summed E-state index contributed by atoms with van der Waals surface area (Å²) >= 11 is 0. The van der Waals surface area contributed by atoms with E-state index in [1.165, 1.54) is 19.5 Å². The maximum Gasteiger partial charge on any atom is 0.137 e. The van der Waals surface area contributed by atoms with Crippen LogP contribution in [0.3, 0.4) is 0 Å². The molecule has 0 bridgehead atoms. The molecule has 0 amide bonds. The fourth-order valence-electron chi connectivity index (χ4n) is 1.32. The van der Waals surface area contributed by atoms with Crippen LogP contribution >= 0.6 is 0 Å². The fourth-order valence-corrected chi connectivity index (χ4v) is 1.32. The van der Waals surface area contributed by atoms with Crippen molar-refractivity contribution in [2.24, 2.45) is 5.11 Å².